The van der Waals surface area contributed by atoms with Gasteiger partial charge in [0.15, 0.2) is 0 Å². The quantitative estimate of drug-likeness (QED) is 0.706. The largest absolute Gasteiger partial charge is 0.480 e. The lowest BCUT2D eigenvalue weighted by Crippen LogP contribution is -2.48. The fraction of sp³-hybridized carbons (Fsp3) is 0.600. The highest BCUT2D eigenvalue weighted by Crippen LogP contribution is 2.14. The number of H-pyrrole nitrogens is 1. The molecular formula is C10H17N3O4S. The average molecular weight is 275 g/mol. The minimum Gasteiger partial charge on any atom is -0.480 e. The molecule has 3 N–H and O–H groups in total. The minimum atomic E-state index is -3.71. The third-order valence-corrected chi connectivity index (χ3v) is 4.59. The highest BCUT2D eigenvalue weighted by atomic mass is 32.2. The first-order valence-electron chi connectivity index (χ1n) is 5.35. The van der Waals surface area contributed by atoms with E-state index < -0.39 is 26.8 Å². The molecule has 1 aromatic heterocycles. The summed E-state index contributed by atoms with van der Waals surface area (Å²) in [7, 11) is -3.71. The Balaban J connectivity index is 2.86. The third-order valence-electron chi connectivity index (χ3n) is 2.38. The fourth-order valence-corrected chi connectivity index (χ4v) is 2.07. The third kappa shape index (κ3) is 3.54. The molecule has 102 valence electrons. The summed E-state index contributed by atoms with van der Waals surface area (Å²) in [5, 5.41) is 9.04. The Morgan fingerprint density at radius 1 is 1.56 bits per heavy atom. The molecule has 8 heteroatoms. The van der Waals surface area contributed by atoms with Crippen LogP contribution in [0.15, 0.2) is 12.5 Å². The molecule has 18 heavy (non-hydrogen) atoms. The second-order valence-corrected chi connectivity index (χ2v) is 7.37. The van der Waals surface area contributed by atoms with E-state index in [0.717, 1.165) is 0 Å². The first kappa shape index (κ1) is 14.7. The molecule has 0 fully saturated rings. The number of imidazole rings is 1. The van der Waals surface area contributed by atoms with Crippen molar-refractivity contribution in [3.05, 3.63) is 18.2 Å². The summed E-state index contributed by atoms with van der Waals surface area (Å²) in [5.41, 5.74) is 0.555. The van der Waals surface area contributed by atoms with E-state index >= 15 is 0 Å². The second kappa shape index (κ2) is 5.07. The number of nitrogens with zero attached hydrogens (tertiary/aromatic N) is 1. The van der Waals surface area contributed by atoms with Gasteiger partial charge >= 0.3 is 5.97 Å². The van der Waals surface area contributed by atoms with E-state index in [4.69, 9.17) is 5.11 Å². The number of aromatic nitrogens is 2. The van der Waals surface area contributed by atoms with Crippen molar-refractivity contribution in [2.24, 2.45) is 0 Å². The van der Waals surface area contributed by atoms with Crippen LogP contribution < -0.4 is 4.72 Å². The average Bonchev–Trinajstić information content (AvgIpc) is 2.67. The van der Waals surface area contributed by atoms with Gasteiger partial charge in [0.2, 0.25) is 10.0 Å². The molecule has 7 nitrogen and oxygen atoms in total. The van der Waals surface area contributed by atoms with E-state index in [0.29, 0.717) is 5.69 Å². The van der Waals surface area contributed by atoms with E-state index in [-0.39, 0.29) is 6.42 Å². The van der Waals surface area contributed by atoms with Crippen LogP contribution >= 0.6 is 0 Å². The summed E-state index contributed by atoms with van der Waals surface area (Å²) in [6.07, 6.45) is 2.89. The molecule has 0 unspecified atom stereocenters. The predicted molar refractivity (Wildman–Crippen MR) is 65.5 cm³/mol. The Labute approximate surface area is 106 Å². The Kier molecular flexibility index (Phi) is 4.12. The van der Waals surface area contributed by atoms with Crippen molar-refractivity contribution >= 4 is 16.0 Å². The maximum Gasteiger partial charge on any atom is 0.322 e. The Hall–Kier alpha value is -1.41. The smallest absolute Gasteiger partial charge is 0.322 e. The molecule has 0 bridgehead atoms. The van der Waals surface area contributed by atoms with Crippen LogP contribution in [0, 0.1) is 0 Å². The van der Waals surface area contributed by atoms with Gasteiger partial charge in [0.1, 0.15) is 6.04 Å². The summed E-state index contributed by atoms with van der Waals surface area (Å²) >= 11 is 0. The molecule has 0 radical (unpaired) electrons. The maximum atomic E-state index is 11.9. The maximum absolute atomic E-state index is 11.9. The van der Waals surface area contributed by atoms with E-state index in [1.165, 1.54) is 33.3 Å². The van der Waals surface area contributed by atoms with Crippen LogP contribution in [-0.2, 0) is 21.2 Å². The highest BCUT2D eigenvalue weighted by Gasteiger charge is 2.33. The van der Waals surface area contributed by atoms with Gasteiger partial charge in [-0.2, -0.15) is 0 Å². The van der Waals surface area contributed by atoms with Crippen molar-refractivity contribution in [1.29, 1.82) is 0 Å². The molecule has 0 saturated carbocycles. The number of sulfonamides is 1. The molecule has 0 aliphatic rings. The van der Waals surface area contributed by atoms with Crippen molar-refractivity contribution in [3.63, 3.8) is 0 Å². The number of rotatable bonds is 5. The van der Waals surface area contributed by atoms with E-state index in [1.54, 1.807) is 0 Å². The summed E-state index contributed by atoms with van der Waals surface area (Å²) in [4.78, 5) is 17.6. The lowest BCUT2D eigenvalue weighted by Gasteiger charge is -2.22. The van der Waals surface area contributed by atoms with Crippen molar-refractivity contribution in [2.75, 3.05) is 0 Å². The Morgan fingerprint density at radius 2 is 2.17 bits per heavy atom. The van der Waals surface area contributed by atoms with Crippen LogP contribution in [0.2, 0.25) is 0 Å². The summed E-state index contributed by atoms with van der Waals surface area (Å²) in [6.45, 7) is 4.51. The lowest BCUT2D eigenvalue weighted by molar-refractivity contribution is -0.138. The fourth-order valence-electron chi connectivity index (χ4n) is 1.16. The highest BCUT2D eigenvalue weighted by molar-refractivity contribution is 7.90. The molecule has 1 atom stereocenters. The first-order chi connectivity index (χ1) is 8.13. The predicted octanol–water partition coefficient (Wildman–Crippen LogP) is 0.123. The number of carbonyl (C=O) groups is 1. The number of hydrogen-bond donors (Lipinski definition) is 3. The van der Waals surface area contributed by atoms with Gasteiger partial charge in [0.05, 0.1) is 11.1 Å². The van der Waals surface area contributed by atoms with E-state index in [9.17, 15) is 13.2 Å². The van der Waals surface area contributed by atoms with Gasteiger partial charge < -0.3 is 10.1 Å². The molecule has 1 aromatic rings. The minimum absolute atomic E-state index is 0.0185. The molecule has 0 spiro atoms. The molecule has 0 saturated heterocycles. The van der Waals surface area contributed by atoms with Crippen LogP contribution in [0.5, 0.6) is 0 Å². The van der Waals surface area contributed by atoms with E-state index in [1.807, 2.05) is 0 Å². The van der Waals surface area contributed by atoms with Crippen LogP contribution in [0.1, 0.15) is 26.5 Å². The number of aliphatic carboxylic acids is 1. The Morgan fingerprint density at radius 3 is 2.56 bits per heavy atom. The van der Waals surface area contributed by atoms with Crippen LogP contribution in [0.4, 0.5) is 0 Å². The number of hydrogen-bond acceptors (Lipinski definition) is 4. The molecule has 0 aliphatic carbocycles. The number of aromatic amines is 1. The lowest BCUT2D eigenvalue weighted by atomic mass is 10.2. The monoisotopic (exact) mass is 275 g/mol. The molecule has 1 rings (SSSR count). The van der Waals surface area contributed by atoms with Gasteiger partial charge in [-0.15, -0.1) is 0 Å². The van der Waals surface area contributed by atoms with Crippen LogP contribution in [0.3, 0.4) is 0 Å². The normalized spacial score (nSPS) is 14.4. The SMILES string of the molecule is CC(C)(C)S(=O)(=O)N[C@H](Cc1cnc[nH]1)C(=O)O. The van der Waals surface area contributed by atoms with Crippen molar-refractivity contribution in [1.82, 2.24) is 14.7 Å². The first-order valence-corrected chi connectivity index (χ1v) is 6.84. The summed E-state index contributed by atoms with van der Waals surface area (Å²) in [6, 6.07) is -1.21. The van der Waals surface area contributed by atoms with Gasteiger partial charge in [-0.1, -0.05) is 0 Å². The summed E-state index contributed by atoms with van der Waals surface area (Å²) < 4.78 is 24.9. The van der Waals surface area contributed by atoms with Gasteiger partial charge in [0.25, 0.3) is 0 Å². The van der Waals surface area contributed by atoms with Gasteiger partial charge in [-0.05, 0) is 20.8 Å². The van der Waals surface area contributed by atoms with Crippen molar-refractivity contribution in [3.8, 4) is 0 Å². The molecule has 1 heterocycles. The van der Waals surface area contributed by atoms with Crippen molar-refractivity contribution < 1.29 is 18.3 Å². The number of nitrogens with one attached hydrogen (secondary N) is 2. The van der Waals surface area contributed by atoms with Gasteiger partial charge in [-0.25, -0.2) is 18.1 Å². The zero-order valence-corrected chi connectivity index (χ0v) is 11.3. The summed E-state index contributed by atoms with van der Waals surface area (Å²) in [5.74, 6) is -1.22. The standard InChI is InChI=1S/C10H17N3O4S/c1-10(2,3)18(16,17)13-8(9(14)15)4-7-5-11-6-12-7/h5-6,8,13H,4H2,1-3H3,(H,11,12)(H,14,15)/t8-/m1/s1. The van der Waals surface area contributed by atoms with E-state index in [2.05, 4.69) is 14.7 Å². The number of carboxylic acids is 1. The molecule has 0 amide bonds. The van der Waals surface area contributed by atoms with Crippen LogP contribution in [0.25, 0.3) is 0 Å². The zero-order chi connectivity index (χ0) is 14.0. The zero-order valence-electron chi connectivity index (χ0n) is 10.5. The Bertz CT molecular complexity index is 502. The van der Waals surface area contributed by atoms with Gasteiger partial charge in [-0.3, -0.25) is 4.79 Å². The second-order valence-electron chi connectivity index (χ2n) is 4.91. The topological polar surface area (TPSA) is 112 Å². The van der Waals surface area contributed by atoms with Crippen molar-refractivity contribution in [2.45, 2.75) is 38.0 Å². The van der Waals surface area contributed by atoms with Gasteiger partial charge in [0, 0.05) is 18.3 Å². The molecule has 0 aliphatic heterocycles. The molecule has 0 aromatic carbocycles. The number of carboxylic acid groups (broad SMARTS) is 1. The van der Waals surface area contributed by atoms with Crippen LogP contribution in [-0.4, -0.2) is 40.3 Å². The molecular weight excluding hydrogens is 258 g/mol.